The topological polar surface area (TPSA) is 95.5 Å². The van der Waals surface area contributed by atoms with Crippen LogP contribution in [0.1, 0.15) is 6.92 Å². The van der Waals surface area contributed by atoms with E-state index in [0.717, 1.165) is 18.2 Å². The molecular formula is C14H11Cl2FN2O5. The van der Waals surface area contributed by atoms with Gasteiger partial charge in [-0.3, -0.25) is 20.2 Å². The molecule has 128 valence electrons. The van der Waals surface area contributed by atoms with Crippen LogP contribution in [0.5, 0.6) is 5.75 Å². The number of nitrogens with zero attached hydrogens (tertiary/aromatic N) is 2. The first-order valence-corrected chi connectivity index (χ1v) is 7.18. The lowest BCUT2D eigenvalue weighted by Gasteiger charge is -2.03. The normalized spacial score (nSPS) is 9.67. The van der Waals surface area contributed by atoms with Gasteiger partial charge in [-0.15, -0.1) is 0 Å². The molecule has 0 saturated heterocycles. The smallest absolute Gasteiger partial charge is 0.271 e. The highest BCUT2D eigenvalue weighted by molar-refractivity contribution is 6.32. The summed E-state index contributed by atoms with van der Waals surface area (Å²) in [5.41, 5.74) is -0.246. The summed E-state index contributed by atoms with van der Waals surface area (Å²) < 4.78 is 17.5. The molecule has 2 aromatic carbocycles. The third-order valence-electron chi connectivity index (χ3n) is 2.54. The summed E-state index contributed by atoms with van der Waals surface area (Å²) >= 11 is 11.0. The van der Waals surface area contributed by atoms with E-state index in [1.807, 2.05) is 6.92 Å². The van der Waals surface area contributed by atoms with Crippen LogP contribution in [0, 0.1) is 26.0 Å². The SMILES string of the molecule is CCOc1ccc([N+](=O)[O-])cc1Cl.O=[N+]([O-])c1ccc(F)c(Cl)c1. The van der Waals surface area contributed by atoms with Crippen LogP contribution in [0.2, 0.25) is 10.0 Å². The Bertz CT molecular complexity index is 758. The third-order valence-corrected chi connectivity index (χ3v) is 3.13. The molecule has 24 heavy (non-hydrogen) atoms. The maximum Gasteiger partial charge on any atom is 0.271 e. The molecule has 7 nitrogen and oxygen atoms in total. The van der Waals surface area contributed by atoms with E-state index in [1.165, 1.54) is 18.2 Å². The van der Waals surface area contributed by atoms with E-state index in [0.29, 0.717) is 12.4 Å². The summed E-state index contributed by atoms with van der Waals surface area (Å²) in [6.07, 6.45) is 0. The van der Waals surface area contributed by atoms with Crippen LogP contribution >= 0.6 is 23.2 Å². The number of benzene rings is 2. The van der Waals surface area contributed by atoms with Crippen molar-refractivity contribution in [2.24, 2.45) is 0 Å². The number of nitro benzene ring substituents is 2. The van der Waals surface area contributed by atoms with E-state index < -0.39 is 15.7 Å². The Labute approximate surface area is 145 Å². The predicted molar refractivity (Wildman–Crippen MR) is 87.3 cm³/mol. The molecule has 10 heteroatoms. The van der Waals surface area contributed by atoms with Crippen molar-refractivity contribution in [3.05, 3.63) is 72.5 Å². The second-order valence-electron chi connectivity index (χ2n) is 4.16. The summed E-state index contributed by atoms with van der Waals surface area (Å²) in [4.78, 5) is 19.3. The van der Waals surface area contributed by atoms with Gasteiger partial charge in [0.15, 0.2) is 0 Å². The molecule has 0 aliphatic rings. The first-order chi connectivity index (χ1) is 11.3. The van der Waals surface area contributed by atoms with Gasteiger partial charge in [-0.1, -0.05) is 23.2 Å². The summed E-state index contributed by atoms with van der Waals surface area (Å²) in [7, 11) is 0. The second-order valence-corrected chi connectivity index (χ2v) is 4.97. The van der Waals surface area contributed by atoms with Crippen molar-refractivity contribution in [1.29, 1.82) is 0 Å². The molecule has 0 amide bonds. The van der Waals surface area contributed by atoms with Gasteiger partial charge in [0.1, 0.15) is 11.6 Å². The zero-order valence-electron chi connectivity index (χ0n) is 12.2. The highest BCUT2D eigenvalue weighted by Crippen LogP contribution is 2.28. The van der Waals surface area contributed by atoms with E-state index in [9.17, 15) is 24.6 Å². The minimum Gasteiger partial charge on any atom is -0.492 e. The fraction of sp³-hybridized carbons (Fsp3) is 0.143. The van der Waals surface area contributed by atoms with Gasteiger partial charge in [-0.2, -0.15) is 0 Å². The first kappa shape index (κ1) is 19.6. The lowest BCUT2D eigenvalue weighted by atomic mass is 10.3. The van der Waals surface area contributed by atoms with Crippen LogP contribution in [0.4, 0.5) is 15.8 Å². The molecule has 0 unspecified atom stereocenters. The molecule has 0 N–H and O–H groups in total. The van der Waals surface area contributed by atoms with E-state index in [1.54, 1.807) is 0 Å². The van der Waals surface area contributed by atoms with E-state index >= 15 is 0 Å². The molecule has 0 aliphatic carbocycles. The maximum atomic E-state index is 12.4. The molecule has 2 rings (SSSR count). The summed E-state index contributed by atoms with van der Waals surface area (Å²) in [6.45, 7) is 2.30. The highest BCUT2D eigenvalue weighted by atomic mass is 35.5. The predicted octanol–water partition coefficient (Wildman–Crippen LogP) is 5.03. The van der Waals surface area contributed by atoms with Gasteiger partial charge in [0.2, 0.25) is 0 Å². The van der Waals surface area contributed by atoms with Gasteiger partial charge in [0.05, 0.1) is 26.5 Å². The number of halogens is 3. The van der Waals surface area contributed by atoms with Crippen molar-refractivity contribution in [1.82, 2.24) is 0 Å². The molecule has 0 spiro atoms. The maximum absolute atomic E-state index is 12.4. The van der Waals surface area contributed by atoms with Crippen LogP contribution < -0.4 is 4.74 Å². The van der Waals surface area contributed by atoms with Crippen molar-refractivity contribution >= 4 is 34.6 Å². The summed E-state index contributed by atoms with van der Waals surface area (Å²) in [5, 5.41) is 20.4. The monoisotopic (exact) mass is 376 g/mol. The lowest BCUT2D eigenvalue weighted by Crippen LogP contribution is -1.93. The highest BCUT2D eigenvalue weighted by Gasteiger charge is 2.09. The van der Waals surface area contributed by atoms with Crippen LogP contribution in [0.25, 0.3) is 0 Å². The lowest BCUT2D eigenvalue weighted by molar-refractivity contribution is -0.385. The fourth-order valence-corrected chi connectivity index (χ4v) is 1.88. The van der Waals surface area contributed by atoms with E-state index in [4.69, 9.17) is 27.9 Å². The van der Waals surface area contributed by atoms with E-state index in [-0.39, 0.29) is 21.4 Å². The molecule has 0 bridgehead atoms. The molecule has 0 fully saturated rings. The molecular weight excluding hydrogens is 366 g/mol. The Morgan fingerprint density at radius 3 is 1.92 bits per heavy atom. The van der Waals surface area contributed by atoms with Crippen molar-refractivity contribution in [3.8, 4) is 5.75 Å². The Morgan fingerprint density at radius 2 is 1.50 bits per heavy atom. The van der Waals surface area contributed by atoms with Gasteiger partial charge < -0.3 is 4.74 Å². The number of ether oxygens (including phenoxy) is 1. The zero-order valence-corrected chi connectivity index (χ0v) is 13.8. The average Bonchev–Trinajstić information content (AvgIpc) is 2.52. The minimum absolute atomic E-state index is 0.0338. The van der Waals surface area contributed by atoms with Crippen molar-refractivity contribution in [2.45, 2.75) is 6.92 Å². The van der Waals surface area contributed by atoms with Crippen LogP contribution in [0.3, 0.4) is 0 Å². The van der Waals surface area contributed by atoms with E-state index in [2.05, 4.69) is 0 Å². The summed E-state index contributed by atoms with van der Waals surface area (Å²) in [6, 6.07) is 7.10. The van der Waals surface area contributed by atoms with Crippen LogP contribution in [-0.2, 0) is 0 Å². The van der Waals surface area contributed by atoms with Crippen LogP contribution in [0.15, 0.2) is 36.4 Å². The fourth-order valence-electron chi connectivity index (χ4n) is 1.47. The van der Waals surface area contributed by atoms with Gasteiger partial charge in [-0.05, 0) is 19.1 Å². The number of rotatable bonds is 4. The van der Waals surface area contributed by atoms with Crippen molar-refractivity contribution in [3.63, 3.8) is 0 Å². The number of hydrogen-bond donors (Lipinski definition) is 0. The third kappa shape index (κ3) is 5.64. The van der Waals surface area contributed by atoms with Gasteiger partial charge in [0, 0.05) is 24.3 Å². The average molecular weight is 377 g/mol. The summed E-state index contributed by atoms with van der Waals surface area (Å²) in [5.74, 6) is -0.188. The largest absolute Gasteiger partial charge is 0.492 e. The Morgan fingerprint density at radius 1 is 1.00 bits per heavy atom. The Balaban J connectivity index is 0.000000243. The Hall–Kier alpha value is -2.45. The molecule has 0 heterocycles. The van der Waals surface area contributed by atoms with Gasteiger partial charge in [0.25, 0.3) is 11.4 Å². The molecule has 0 aromatic heterocycles. The first-order valence-electron chi connectivity index (χ1n) is 6.42. The molecule has 2 aromatic rings. The van der Waals surface area contributed by atoms with Gasteiger partial charge in [-0.25, -0.2) is 4.39 Å². The number of nitro groups is 2. The molecule has 0 aliphatic heterocycles. The molecule has 0 saturated carbocycles. The van der Waals surface area contributed by atoms with Gasteiger partial charge >= 0.3 is 0 Å². The number of hydrogen-bond acceptors (Lipinski definition) is 5. The van der Waals surface area contributed by atoms with Crippen molar-refractivity contribution < 1.29 is 19.0 Å². The zero-order chi connectivity index (χ0) is 18.3. The molecule has 0 atom stereocenters. The molecule has 0 radical (unpaired) electrons. The standard InChI is InChI=1S/C8H8ClNO3.C6H3ClFNO2/c1-2-13-8-4-3-6(10(11)12)5-7(8)9;7-5-3-4(9(10)11)1-2-6(5)8/h3-5H,2H2,1H3;1-3H. The van der Waals surface area contributed by atoms with Crippen molar-refractivity contribution in [2.75, 3.05) is 6.61 Å². The minimum atomic E-state index is -0.655. The Kier molecular flexibility index (Phi) is 7.34. The second kappa shape index (κ2) is 8.99. The number of non-ortho nitro benzene ring substituents is 2. The quantitative estimate of drug-likeness (QED) is 0.550. The van der Waals surface area contributed by atoms with Crippen LogP contribution in [-0.4, -0.2) is 16.5 Å².